The Balaban J connectivity index is 2.01. The highest BCUT2D eigenvalue weighted by atomic mass is 16.5. The molecule has 1 heterocycles. The predicted octanol–water partition coefficient (Wildman–Crippen LogP) is 1.51. The molecule has 1 saturated heterocycles. The Kier molecular flexibility index (Phi) is 4.93. The number of amides is 1. The van der Waals surface area contributed by atoms with Crippen LogP contribution in [0.5, 0.6) is 0 Å². The molecular formula is C15H22N2O2. The highest BCUT2D eigenvalue weighted by Gasteiger charge is 2.26. The highest BCUT2D eigenvalue weighted by Crippen LogP contribution is 2.18. The Morgan fingerprint density at radius 2 is 2.37 bits per heavy atom. The van der Waals surface area contributed by atoms with Crippen molar-refractivity contribution in [3.8, 4) is 0 Å². The third-order valence-electron chi connectivity index (χ3n) is 3.55. The maximum Gasteiger partial charge on any atom is 0.253 e. The number of carbonyl (C=O) groups is 1. The number of nitrogens with zero attached hydrogens (tertiary/aromatic N) is 1. The van der Waals surface area contributed by atoms with Gasteiger partial charge in [0, 0.05) is 25.8 Å². The number of likely N-dealkylation sites (tertiary alicyclic amines) is 1. The first-order chi connectivity index (χ1) is 9.24. The van der Waals surface area contributed by atoms with Gasteiger partial charge < -0.3 is 15.0 Å². The zero-order valence-electron chi connectivity index (χ0n) is 11.7. The van der Waals surface area contributed by atoms with Crippen molar-refractivity contribution >= 4 is 5.91 Å². The summed E-state index contributed by atoms with van der Waals surface area (Å²) in [6.07, 6.45) is 1.09. The fraction of sp³-hybridized carbons (Fsp3) is 0.533. The van der Waals surface area contributed by atoms with Gasteiger partial charge >= 0.3 is 0 Å². The second kappa shape index (κ2) is 6.68. The smallest absolute Gasteiger partial charge is 0.253 e. The lowest BCUT2D eigenvalue weighted by Gasteiger charge is -2.17. The van der Waals surface area contributed by atoms with Crippen molar-refractivity contribution in [3.05, 3.63) is 35.4 Å². The highest BCUT2D eigenvalue weighted by molar-refractivity contribution is 5.94. The van der Waals surface area contributed by atoms with Crippen LogP contribution in [0.25, 0.3) is 0 Å². The van der Waals surface area contributed by atoms with Crippen LogP contribution in [0.3, 0.4) is 0 Å². The van der Waals surface area contributed by atoms with E-state index in [0.29, 0.717) is 12.5 Å². The van der Waals surface area contributed by atoms with Gasteiger partial charge in [0.15, 0.2) is 0 Å². The van der Waals surface area contributed by atoms with Gasteiger partial charge in [-0.05, 0) is 43.6 Å². The number of hydrogen-bond acceptors (Lipinski definition) is 3. The van der Waals surface area contributed by atoms with Gasteiger partial charge in [0.1, 0.15) is 0 Å². The largest absolute Gasteiger partial charge is 0.380 e. The Labute approximate surface area is 114 Å². The topological polar surface area (TPSA) is 41.6 Å². The molecule has 4 heteroatoms. The summed E-state index contributed by atoms with van der Waals surface area (Å²) < 4.78 is 5.10. The minimum absolute atomic E-state index is 0.136. The molecule has 4 nitrogen and oxygen atoms in total. The fourth-order valence-corrected chi connectivity index (χ4v) is 2.62. The monoisotopic (exact) mass is 262 g/mol. The van der Waals surface area contributed by atoms with E-state index in [4.69, 9.17) is 4.74 Å². The van der Waals surface area contributed by atoms with Crippen LogP contribution in [-0.2, 0) is 11.3 Å². The Bertz CT molecular complexity index is 434. The zero-order chi connectivity index (χ0) is 13.7. The lowest BCUT2D eigenvalue weighted by molar-refractivity contribution is 0.0787. The molecule has 0 radical (unpaired) electrons. The van der Waals surface area contributed by atoms with Crippen LogP contribution in [0, 0.1) is 5.92 Å². The summed E-state index contributed by atoms with van der Waals surface area (Å²) in [6.45, 7) is 3.24. The van der Waals surface area contributed by atoms with E-state index in [1.165, 1.54) is 0 Å². The maximum atomic E-state index is 12.4. The molecule has 1 N–H and O–H groups in total. The first kappa shape index (κ1) is 14.0. The first-order valence-corrected chi connectivity index (χ1v) is 6.76. The fourth-order valence-electron chi connectivity index (χ4n) is 2.62. The maximum absolute atomic E-state index is 12.4. The minimum Gasteiger partial charge on any atom is -0.380 e. The Hall–Kier alpha value is -1.39. The van der Waals surface area contributed by atoms with E-state index in [1.807, 2.05) is 36.2 Å². The molecule has 1 aliphatic heterocycles. The number of carbonyl (C=O) groups excluding carboxylic acids is 1. The molecule has 2 rings (SSSR count). The molecule has 1 aromatic rings. The van der Waals surface area contributed by atoms with Crippen LogP contribution in [-0.4, -0.2) is 44.6 Å². The van der Waals surface area contributed by atoms with Crippen molar-refractivity contribution in [2.24, 2.45) is 5.92 Å². The van der Waals surface area contributed by atoms with Gasteiger partial charge in [-0.1, -0.05) is 12.1 Å². The third-order valence-corrected chi connectivity index (χ3v) is 3.55. The number of hydrogen-bond donors (Lipinski definition) is 1. The molecule has 1 fully saturated rings. The molecule has 1 aromatic carbocycles. The number of nitrogens with one attached hydrogen (secondary N) is 1. The third kappa shape index (κ3) is 3.55. The van der Waals surface area contributed by atoms with Crippen LogP contribution in [0.15, 0.2) is 24.3 Å². The van der Waals surface area contributed by atoms with Gasteiger partial charge in [-0.25, -0.2) is 0 Å². The van der Waals surface area contributed by atoms with Crippen molar-refractivity contribution in [2.75, 3.05) is 33.8 Å². The van der Waals surface area contributed by atoms with E-state index in [1.54, 1.807) is 7.11 Å². The number of benzene rings is 1. The molecule has 0 saturated carbocycles. The van der Waals surface area contributed by atoms with Gasteiger partial charge in [0.25, 0.3) is 5.91 Å². The first-order valence-electron chi connectivity index (χ1n) is 6.76. The van der Waals surface area contributed by atoms with Gasteiger partial charge in [0.2, 0.25) is 0 Å². The molecule has 0 bridgehead atoms. The second-order valence-electron chi connectivity index (χ2n) is 5.10. The molecule has 0 aromatic heterocycles. The molecular weight excluding hydrogens is 240 g/mol. The number of methoxy groups -OCH3 is 1. The van der Waals surface area contributed by atoms with Gasteiger partial charge in [0.05, 0.1) is 6.61 Å². The minimum atomic E-state index is 0.136. The van der Waals surface area contributed by atoms with Crippen LogP contribution in [0.2, 0.25) is 0 Å². The lowest BCUT2D eigenvalue weighted by atomic mass is 10.1. The van der Waals surface area contributed by atoms with Gasteiger partial charge in [-0.3, -0.25) is 4.79 Å². The van der Waals surface area contributed by atoms with Crippen LogP contribution >= 0.6 is 0 Å². The standard InChI is InChI=1S/C15H22N2O2/c1-16-9-13-6-7-17(10-13)15(18)14-5-3-4-12(8-14)11-19-2/h3-5,8,13,16H,6-7,9-11H2,1-2H3. The summed E-state index contributed by atoms with van der Waals surface area (Å²) in [7, 11) is 3.62. The van der Waals surface area contributed by atoms with Crippen molar-refractivity contribution in [1.82, 2.24) is 10.2 Å². The quantitative estimate of drug-likeness (QED) is 0.874. The van der Waals surface area contributed by atoms with Crippen molar-refractivity contribution in [2.45, 2.75) is 13.0 Å². The van der Waals surface area contributed by atoms with Crippen molar-refractivity contribution in [1.29, 1.82) is 0 Å². The average Bonchev–Trinajstić information content (AvgIpc) is 2.88. The Morgan fingerprint density at radius 1 is 1.53 bits per heavy atom. The summed E-state index contributed by atoms with van der Waals surface area (Å²) in [5.41, 5.74) is 1.80. The molecule has 1 aliphatic rings. The number of rotatable bonds is 5. The lowest BCUT2D eigenvalue weighted by Crippen LogP contribution is -2.30. The van der Waals surface area contributed by atoms with Gasteiger partial charge in [-0.2, -0.15) is 0 Å². The van der Waals surface area contributed by atoms with Crippen molar-refractivity contribution in [3.63, 3.8) is 0 Å². The van der Waals surface area contributed by atoms with Gasteiger partial charge in [-0.15, -0.1) is 0 Å². The molecule has 1 amide bonds. The van der Waals surface area contributed by atoms with Crippen LogP contribution in [0.1, 0.15) is 22.3 Å². The van der Waals surface area contributed by atoms with Crippen LogP contribution < -0.4 is 5.32 Å². The molecule has 0 spiro atoms. The van der Waals surface area contributed by atoms with E-state index in [2.05, 4.69) is 5.32 Å². The SMILES string of the molecule is CNCC1CCN(C(=O)c2cccc(COC)c2)C1. The summed E-state index contributed by atoms with van der Waals surface area (Å²) in [4.78, 5) is 14.4. The van der Waals surface area contributed by atoms with E-state index in [-0.39, 0.29) is 5.91 Å². The van der Waals surface area contributed by atoms with Crippen molar-refractivity contribution < 1.29 is 9.53 Å². The average molecular weight is 262 g/mol. The van der Waals surface area contributed by atoms with Crippen LogP contribution in [0.4, 0.5) is 0 Å². The Morgan fingerprint density at radius 3 is 3.11 bits per heavy atom. The summed E-state index contributed by atoms with van der Waals surface area (Å²) in [5.74, 6) is 0.715. The molecule has 0 aliphatic carbocycles. The van der Waals surface area contributed by atoms with E-state index in [9.17, 15) is 4.79 Å². The normalized spacial score (nSPS) is 18.8. The number of ether oxygens (including phenoxy) is 1. The van der Waals surface area contributed by atoms with E-state index < -0.39 is 0 Å². The molecule has 1 atom stereocenters. The summed E-state index contributed by atoms with van der Waals surface area (Å²) >= 11 is 0. The summed E-state index contributed by atoms with van der Waals surface area (Å²) in [5, 5.41) is 3.18. The molecule has 1 unspecified atom stereocenters. The zero-order valence-corrected chi connectivity index (χ0v) is 11.7. The van der Waals surface area contributed by atoms with E-state index in [0.717, 1.165) is 37.2 Å². The molecule has 104 valence electrons. The molecule has 19 heavy (non-hydrogen) atoms. The summed E-state index contributed by atoms with van der Waals surface area (Å²) in [6, 6.07) is 7.71. The second-order valence-corrected chi connectivity index (χ2v) is 5.10. The van der Waals surface area contributed by atoms with E-state index >= 15 is 0 Å². The predicted molar refractivity (Wildman–Crippen MR) is 75.1 cm³/mol.